The molecule has 0 N–H and O–H groups in total. The molecule has 4 rings (SSSR count). The van der Waals surface area contributed by atoms with Crippen LogP contribution in [0.1, 0.15) is 33.5 Å². The minimum absolute atomic E-state index is 0.213. The maximum absolute atomic E-state index is 12.4. The minimum Gasteiger partial charge on any atom is -0.440 e. The zero-order chi connectivity index (χ0) is 21.3. The number of carbonyl (C=O) groups is 3. The van der Waals surface area contributed by atoms with E-state index in [1.165, 1.54) is 23.9 Å². The number of carbonyl (C=O) groups excluding carboxylic acids is 3. The zero-order valence-electron chi connectivity index (χ0n) is 15.7. The van der Waals surface area contributed by atoms with E-state index in [4.69, 9.17) is 20.9 Å². The van der Waals surface area contributed by atoms with Crippen molar-refractivity contribution >= 4 is 41.1 Å². The molecule has 1 unspecified atom stereocenters. The Morgan fingerprint density at radius 2 is 1.77 bits per heavy atom. The Hall–Kier alpha value is -3.10. The molecule has 0 saturated heterocycles. The molecule has 1 aliphatic rings. The van der Waals surface area contributed by atoms with E-state index in [0.29, 0.717) is 27.5 Å². The molecule has 3 aromatic rings. The van der Waals surface area contributed by atoms with Gasteiger partial charge in [0.1, 0.15) is 5.25 Å². The molecule has 1 aromatic heterocycles. The zero-order valence-corrected chi connectivity index (χ0v) is 17.3. The highest BCUT2D eigenvalue weighted by Gasteiger charge is 2.39. The molecule has 30 heavy (non-hydrogen) atoms. The van der Waals surface area contributed by atoms with Crippen molar-refractivity contribution in [2.24, 2.45) is 0 Å². The van der Waals surface area contributed by atoms with E-state index >= 15 is 0 Å². The summed E-state index contributed by atoms with van der Waals surface area (Å²) < 4.78 is 5.70. The second-order valence-electron chi connectivity index (χ2n) is 6.44. The second-order valence-corrected chi connectivity index (χ2v) is 8.20. The van der Waals surface area contributed by atoms with Crippen LogP contribution in [0.15, 0.2) is 59.1 Å². The Labute approximate surface area is 180 Å². The largest absolute Gasteiger partial charge is 0.440 e. The van der Waals surface area contributed by atoms with Crippen molar-refractivity contribution in [1.82, 2.24) is 10.0 Å². The van der Waals surface area contributed by atoms with Crippen molar-refractivity contribution in [3.05, 3.63) is 76.8 Å². The van der Waals surface area contributed by atoms with Gasteiger partial charge in [-0.3, -0.25) is 9.59 Å². The van der Waals surface area contributed by atoms with E-state index in [-0.39, 0.29) is 11.1 Å². The first kappa shape index (κ1) is 20.2. The summed E-state index contributed by atoms with van der Waals surface area (Å²) in [6.07, 6.45) is 1.60. The number of hydroxylamine groups is 2. The van der Waals surface area contributed by atoms with Gasteiger partial charge in [-0.05, 0) is 43.3 Å². The van der Waals surface area contributed by atoms with Crippen LogP contribution in [0.5, 0.6) is 0 Å². The lowest BCUT2D eigenvalue weighted by Crippen LogP contribution is -2.35. The van der Waals surface area contributed by atoms with Crippen LogP contribution in [0.3, 0.4) is 0 Å². The number of hydrogen-bond donors (Lipinski definition) is 0. The molecule has 1 aliphatic heterocycles. The molecule has 0 bridgehead atoms. The third-order valence-corrected chi connectivity index (χ3v) is 5.77. The summed E-state index contributed by atoms with van der Waals surface area (Å²) in [7, 11) is 0. The van der Waals surface area contributed by atoms with Crippen molar-refractivity contribution in [2.75, 3.05) is 0 Å². The van der Waals surface area contributed by atoms with Crippen LogP contribution in [0.2, 0.25) is 5.02 Å². The van der Waals surface area contributed by atoms with Gasteiger partial charge in [0, 0.05) is 10.6 Å². The van der Waals surface area contributed by atoms with Crippen molar-refractivity contribution in [3.63, 3.8) is 0 Å². The Bertz CT molecular complexity index is 1090. The maximum Gasteiger partial charge on any atom is 0.345 e. The van der Waals surface area contributed by atoms with Gasteiger partial charge in [-0.25, -0.2) is 9.78 Å². The van der Waals surface area contributed by atoms with Gasteiger partial charge in [-0.1, -0.05) is 28.8 Å². The summed E-state index contributed by atoms with van der Waals surface area (Å²) in [6, 6.07) is 13.5. The fourth-order valence-electron chi connectivity index (χ4n) is 2.80. The van der Waals surface area contributed by atoms with Crippen LogP contribution in [0.4, 0.5) is 0 Å². The molecule has 2 amide bonds. The number of thioether (sulfide) groups is 1. The third-order valence-electron chi connectivity index (χ3n) is 4.41. The van der Waals surface area contributed by atoms with Gasteiger partial charge in [-0.15, -0.1) is 11.8 Å². The summed E-state index contributed by atoms with van der Waals surface area (Å²) in [5.41, 5.74) is 1.26. The third kappa shape index (κ3) is 3.96. The SMILES string of the molecule is CC(SCc1ncc(-c2ccc(Cl)cc2)o1)C(=O)ON1C(=O)c2ccccc2C1=O. The molecule has 2 heterocycles. The quantitative estimate of drug-likeness (QED) is 0.523. The first-order valence-electron chi connectivity index (χ1n) is 8.96. The number of benzene rings is 2. The van der Waals surface area contributed by atoms with Gasteiger partial charge in [0.2, 0.25) is 5.89 Å². The van der Waals surface area contributed by atoms with Crippen LogP contribution in [-0.4, -0.2) is 33.1 Å². The first-order chi connectivity index (χ1) is 14.4. The molecule has 0 spiro atoms. The molecular formula is C21H15ClN2O5S. The van der Waals surface area contributed by atoms with Crippen LogP contribution >= 0.6 is 23.4 Å². The highest BCUT2D eigenvalue weighted by Crippen LogP contribution is 2.27. The number of imide groups is 1. The van der Waals surface area contributed by atoms with Gasteiger partial charge >= 0.3 is 5.97 Å². The number of nitrogens with zero attached hydrogens (tertiary/aromatic N) is 2. The van der Waals surface area contributed by atoms with Crippen molar-refractivity contribution < 1.29 is 23.6 Å². The summed E-state index contributed by atoms with van der Waals surface area (Å²) in [6.45, 7) is 1.62. The molecule has 0 radical (unpaired) electrons. The van der Waals surface area contributed by atoms with Gasteiger partial charge in [0.05, 0.1) is 23.1 Å². The molecule has 0 fully saturated rings. The molecule has 1 atom stereocenters. The van der Waals surface area contributed by atoms with Crippen LogP contribution in [0, 0.1) is 0 Å². The predicted molar refractivity (Wildman–Crippen MR) is 111 cm³/mol. The fraction of sp³-hybridized carbons (Fsp3) is 0.143. The molecule has 152 valence electrons. The number of amides is 2. The number of halogens is 1. The fourth-order valence-corrected chi connectivity index (χ4v) is 3.63. The Balaban J connectivity index is 1.34. The molecular weight excluding hydrogens is 428 g/mol. The van der Waals surface area contributed by atoms with Crippen LogP contribution in [0.25, 0.3) is 11.3 Å². The Morgan fingerprint density at radius 3 is 2.40 bits per heavy atom. The van der Waals surface area contributed by atoms with E-state index in [2.05, 4.69) is 4.98 Å². The van der Waals surface area contributed by atoms with Crippen molar-refractivity contribution in [3.8, 4) is 11.3 Å². The van der Waals surface area contributed by atoms with E-state index < -0.39 is 23.0 Å². The van der Waals surface area contributed by atoms with E-state index in [1.807, 2.05) is 12.1 Å². The van der Waals surface area contributed by atoms with Crippen molar-refractivity contribution in [1.29, 1.82) is 0 Å². The first-order valence-corrected chi connectivity index (χ1v) is 10.4. The number of oxazole rings is 1. The van der Waals surface area contributed by atoms with E-state index in [9.17, 15) is 14.4 Å². The topological polar surface area (TPSA) is 89.7 Å². The normalized spacial score (nSPS) is 14.0. The standard InChI is InChI=1S/C21H15ClN2O5S/c1-12(21(27)29-24-19(25)15-4-2-3-5-16(15)20(24)26)30-11-18-23-10-17(28-18)13-6-8-14(22)9-7-13/h2-10,12H,11H2,1H3. The Kier molecular flexibility index (Phi) is 5.61. The van der Waals surface area contributed by atoms with Crippen molar-refractivity contribution in [2.45, 2.75) is 17.9 Å². The Morgan fingerprint density at radius 1 is 1.13 bits per heavy atom. The lowest BCUT2D eigenvalue weighted by molar-refractivity contribution is -0.167. The molecule has 0 aliphatic carbocycles. The number of rotatable bonds is 6. The van der Waals surface area contributed by atoms with E-state index in [1.54, 1.807) is 37.4 Å². The molecule has 7 nitrogen and oxygen atoms in total. The van der Waals surface area contributed by atoms with Gasteiger partial charge < -0.3 is 9.25 Å². The smallest absolute Gasteiger partial charge is 0.345 e. The molecule has 9 heteroatoms. The summed E-state index contributed by atoms with van der Waals surface area (Å²) in [4.78, 5) is 46.2. The summed E-state index contributed by atoms with van der Waals surface area (Å²) >= 11 is 7.10. The lowest BCUT2D eigenvalue weighted by atomic mass is 10.1. The maximum atomic E-state index is 12.4. The van der Waals surface area contributed by atoms with Crippen LogP contribution in [-0.2, 0) is 15.4 Å². The van der Waals surface area contributed by atoms with Gasteiger partial charge in [0.25, 0.3) is 11.8 Å². The highest BCUT2D eigenvalue weighted by atomic mass is 35.5. The highest BCUT2D eigenvalue weighted by molar-refractivity contribution is 7.99. The summed E-state index contributed by atoms with van der Waals surface area (Å²) in [5, 5.41) is 0.480. The number of hydrogen-bond acceptors (Lipinski definition) is 7. The second kappa shape index (κ2) is 8.33. The monoisotopic (exact) mass is 442 g/mol. The predicted octanol–water partition coefficient (Wildman–Crippen LogP) is 4.37. The van der Waals surface area contributed by atoms with E-state index in [0.717, 1.165) is 5.56 Å². The molecule has 2 aromatic carbocycles. The van der Waals surface area contributed by atoms with Gasteiger partial charge in [-0.2, -0.15) is 0 Å². The number of aromatic nitrogens is 1. The average Bonchev–Trinajstić information content (AvgIpc) is 3.32. The molecule has 0 saturated carbocycles. The lowest BCUT2D eigenvalue weighted by Gasteiger charge is -2.15. The number of fused-ring (bicyclic) bond motifs is 1. The van der Waals surface area contributed by atoms with Gasteiger partial charge in [0.15, 0.2) is 5.76 Å². The average molecular weight is 443 g/mol. The summed E-state index contributed by atoms with van der Waals surface area (Å²) in [5.74, 6) is -0.679. The minimum atomic E-state index is -0.709. The van der Waals surface area contributed by atoms with Crippen LogP contribution < -0.4 is 0 Å².